The van der Waals surface area contributed by atoms with Crippen molar-refractivity contribution in [1.29, 1.82) is 0 Å². The number of nitrogens with zero attached hydrogens (tertiary/aromatic N) is 1. The lowest BCUT2D eigenvalue weighted by Gasteiger charge is -2.41. The minimum absolute atomic E-state index is 0.162. The SMILES string of the molecule is NC(CCCCB(O)O)(C(=O)O)[C@H]1CCCN(Cc2ccc(Cl)c(Cl)c2)C1. The molecule has 0 saturated carbocycles. The van der Waals surface area contributed by atoms with Gasteiger partial charge in [0.05, 0.1) is 10.0 Å². The molecule has 0 aliphatic carbocycles. The van der Waals surface area contributed by atoms with E-state index in [0.717, 1.165) is 24.9 Å². The maximum Gasteiger partial charge on any atom is 0.451 e. The molecule has 1 heterocycles. The number of carboxylic acids is 1. The Morgan fingerprint density at radius 2 is 2.04 bits per heavy atom. The third-order valence-corrected chi connectivity index (χ3v) is 6.06. The molecule has 9 heteroatoms. The zero-order valence-corrected chi connectivity index (χ0v) is 16.8. The zero-order chi connectivity index (χ0) is 20.0. The van der Waals surface area contributed by atoms with Crippen LogP contribution in [-0.2, 0) is 11.3 Å². The van der Waals surface area contributed by atoms with Gasteiger partial charge in [0.25, 0.3) is 0 Å². The number of benzene rings is 1. The minimum Gasteiger partial charge on any atom is -0.480 e. The summed E-state index contributed by atoms with van der Waals surface area (Å²) in [7, 11) is -1.36. The number of carbonyl (C=O) groups is 1. The van der Waals surface area contributed by atoms with Crippen molar-refractivity contribution in [2.45, 2.75) is 50.5 Å². The fourth-order valence-electron chi connectivity index (χ4n) is 3.75. The van der Waals surface area contributed by atoms with Crippen molar-refractivity contribution >= 4 is 36.3 Å². The number of hydrogen-bond donors (Lipinski definition) is 4. The molecule has 1 saturated heterocycles. The Labute approximate surface area is 170 Å². The summed E-state index contributed by atoms with van der Waals surface area (Å²) >= 11 is 12.0. The highest BCUT2D eigenvalue weighted by Crippen LogP contribution is 2.31. The van der Waals surface area contributed by atoms with E-state index in [-0.39, 0.29) is 12.2 Å². The minimum atomic E-state index is -1.36. The standard InChI is InChI=1S/C18H27BCl2N2O4/c20-15-6-5-13(10-16(15)21)11-23-9-3-4-14(12-23)18(22,17(24)25)7-1-2-8-19(26)27/h5-6,10,14,26-27H,1-4,7-9,11-12,22H2,(H,24,25)/t14-,18?/m0/s1. The average Bonchev–Trinajstić information content (AvgIpc) is 2.61. The molecule has 5 N–H and O–H groups in total. The van der Waals surface area contributed by atoms with Gasteiger partial charge in [-0.3, -0.25) is 9.69 Å². The fourth-order valence-corrected chi connectivity index (χ4v) is 4.07. The van der Waals surface area contributed by atoms with Gasteiger partial charge in [-0.05, 0) is 49.8 Å². The lowest BCUT2D eigenvalue weighted by atomic mass is 9.75. The molecular formula is C18H27BCl2N2O4. The van der Waals surface area contributed by atoms with Gasteiger partial charge in [-0.25, -0.2) is 0 Å². The van der Waals surface area contributed by atoms with Crippen molar-refractivity contribution < 1.29 is 19.9 Å². The molecule has 0 aromatic heterocycles. The van der Waals surface area contributed by atoms with Gasteiger partial charge in [-0.1, -0.05) is 42.1 Å². The molecule has 2 atom stereocenters. The van der Waals surface area contributed by atoms with Crippen LogP contribution in [0, 0.1) is 5.92 Å². The predicted octanol–water partition coefficient (Wildman–Crippen LogP) is 2.63. The van der Waals surface area contributed by atoms with Crippen LogP contribution in [0.5, 0.6) is 0 Å². The molecule has 2 rings (SSSR count). The molecule has 1 aliphatic heterocycles. The van der Waals surface area contributed by atoms with Crippen LogP contribution in [0.3, 0.4) is 0 Å². The number of hydrogen-bond acceptors (Lipinski definition) is 5. The molecule has 150 valence electrons. The molecule has 27 heavy (non-hydrogen) atoms. The first-order valence-electron chi connectivity index (χ1n) is 9.27. The topological polar surface area (TPSA) is 107 Å². The summed E-state index contributed by atoms with van der Waals surface area (Å²) in [5.74, 6) is -1.15. The van der Waals surface area contributed by atoms with Crippen LogP contribution < -0.4 is 5.73 Å². The van der Waals surface area contributed by atoms with E-state index in [1.807, 2.05) is 12.1 Å². The maximum atomic E-state index is 11.9. The summed E-state index contributed by atoms with van der Waals surface area (Å²) < 4.78 is 0. The molecule has 0 spiro atoms. The quantitative estimate of drug-likeness (QED) is 0.364. The van der Waals surface area contributed by atoms with E-state index in [1.165, 1.54) is 0 Å². The molecule has 1 fully saturated rings. The maximum absolute atomic E-state index is 11.9. The van der Waals surface area contributed by atoms with Gasteiger partial charge in [-0.2, -0.15) is 0 Å². The van der Waals surface area contributed by atoms with Crippen LogP contribution in [-0.4, -0.2) is 51.8 Å². The summed E-state index contributed by atoms with van der Waals surface area (Å²) in [6, 6.07) is 5.52. The van der Waals surface area contributed by atoms with Crippen LogP contribution in [0.25, 0.3) is 0 Å². The van der Waals surface area contributed by atoms with Crippen molar-refractivity contribution in [2.75, 3.05) is 13.1 Å². The molecule has 0 amide bonds. The largest absolute Gasteiger partial charge is 0.480 e. The van der Waals surface area contributed by atoms with Crippen LogP contribution in [0.2, 0.25) is 16.4 Å². The average molecular weight is 417 g/mol. The summed E-state index contributed by atoms with van der Waals surface area (Å²) in [6.45, 7) is 2.15. The Balaban J connectivity index is 2.00. The third kappa shape index (κ3) is 6.34. The lowest BCUT2D eigenvalue weighted by molar-refractivity contribution is -0.147. The molecule has 1 aromatic rings. The summed E-state index contributed by atoms with van der Waals surface area (Å²) in [5.41, 5.74) is 6.06. The highest BCUT2D eigenvalue weighted by molar-refractivity contribution is 6.42. The molecule has 0 bridgehead atoms. The van der Waals surface area contributed by atoms with Gasteiger partial charge in [0.15, 0.2) is 0 Å². The Bertz CT molecular complexity index is 650. The number of nitrogens with two attached hydrogens (primary N) is 1. The Kier molecular flexibility index (Phi) is 8.40. The van der Waals surface area contributed by atoms with Crippen LogP contribution >= 0.6 is 23.2 Å². The summed E-state index contributed by atoms with van der Waals surface area (Å²) in [4.78, 5) is 14.1. The highest BCUT2D eigenvalue weighted by atomic mass is 35.5. The van der Waals surface area contributed by atoms with Gasteiger partial charge in [0.2, 0.25) is 0 Å². The number of piperidine rings is 1. The van der Waals surface area contributed by atoms with Crippen LogP contribution in [0.15, 0.2) is 18.2 Å². The number of rotatable bonds is 9. The second-order valence-electron chi connectivity index (χ2n) is 7.39. The van der Waals surface area contributed by atoms with Crippen molar-refractivity contribution in [3.05, 3.63) is 33.8 Å². The second-order valence-corrected chi connectivity index (χ2v) is 8.21. The van der Waals surface area contributed by atoms with E-state index in [0.29, 0.717) is 42.4 Å². The molecule has 0 radical (unpaired) electrons. The number of halogens is 2. The van der Waals surface area contributed by atoms with Crippen molar-refractivity contribution in [3.8, 4) is 0 Å². The Morgan fingerprint density at radius 1 is 1.30 bits per heavy atom. The monoisotopic (exact) mass is 416 g/mol. The normalized spacial score (nSPS) is 20.3. The van der Waals surface area contributed by atoms with Gasteiger partial charge in [-0.15, -0.1) is 0 Å². The summed E-state index contributed by atoms with van der Waals surface area (Å²) in [6.07, 6.45) is 3.27. The first-order valence-corrected chi connectivity index (χ1v) is 10.0. The van der Waals surface area contributed by atoms with Crippen molar-refractivity contribution in [1.82, 2.24) is 4.90 Å². The van der Waals surface area contributed by atoms with Gasteiger partial charge in [0.1, 0.15) is 5.54 Å². The Hall–Kier alpha value is -0.825. The number of unbranched alkanes of at least 4 members (excludes halogenated alkanes) is 1. The van der Waals surface area contributed by atoms with E-state index >= 15 is 0 Å². The Morgan fingerprint density at radius 3 is 2.67 bits per heavy atom. The molecule has 6 nitrogen and oxygen atoms in total. The van der Waals surface area contributed by atoms with E-state index < -0.39 is 18.6 Å². The number of aliphatic carboxylic acids is 1. The van der Waals surface area contributed by atoms with E-state index in [2.05, 4.69) is 4.90 Å². The first-order chi connectivity index (χ1) is 12.7. The van der Waals surface area contributed by atoms with E-state index in [4.69, 9.17) is 39.0 Å². The first kappa shape index (κ1) is 22.5. The smallest absolute Gasteiger partial charge is 0.451 e. The zero-order valence-electron chi connectivity index (χ0n) is 15.3. The molecule has 1 unspecified atom stereocenters. The number of carboxylic acid groups (broad SMARTS) is 1. The van der Waals surface area contributed by atoms with E-state index in [1.54, 1.807) is 6.07 Å². The van der Waals surface area contributed by atoms with Crippen LogP contribution in [0.1, 0.15) is 37.7 Å². The second kappa shape index (κ2) is 10.1. The molecular weight excluding hydrogens is 390 g/mol. The van der Waals surface area contributed by atoms with Crippen molar-refractivity contribution in [3.63, 3.8) is 0 Å². The van der Waals surface area contributed by atoms with Gasteiger partial charge >= 0.3 is 13.1 Å². The van der Waals surface area contributed by atoms with Gasteiger partial charge in [0, 0.05) is 19.0 Å². The fraction of sp³-hybridized carbons (Fsp3) is 0.611. The predicted molar refractivity (Wildman–Crippen MR) is 108 cm³/mol. The molecule has 1 aromatic carbocycles. The highest BCUT2D eigenvalue weighted by Gasteiger charge is 2.43. The van der Waals surface area contributed by atoms with E-state index in [9.17, 15) is 9.90 Å². The lowest BCUT2D eigenvalue weighted by Crippen LogP contribution is -2.58. The van der Waals surface area contributed by atoms with Gasteiger partial charge < -0.3 is 20.9 Å². The van der Waals surface area contributed by atoms with Crippen molar-refractivity contribution in [2.24, 2.45) is 11.7 Å². The molecule has 1 aliphatic rings. The number of likely N-dealkylation sites (tertiary alicyclic amines) is 1. The summed E-state index contributed by atoms with van der Waals surface area (Å²) in [5, 5.41) is 28.6. The third-order valence-electron chi connectivity index (χ3n) is 5.33. The van der Waals surface area contributed by atoms with Crippen LogP contribution in [0.4, 0.5) is 0 Å².